The van der Waals surface area contributed by atoms with Crippen LogP contribution in [-0.4, -0.2) is 42.5 Å². The molecule has 1 aromatic rings. The van der Waals surface area contributed by atoms with E-state index in [1.807, 2.05) is 32.2 Å². The molecule has 1 aromatic heterocycles. The molecule has 4 nitrogen and oxygen atoms in total. The molecule has 1 N–H and O–H groups in total. The minimum atomic E-state index is 0.182. The van der Waals surface area contributed by atoms with Gasteiger partial charge in [0.2, 0.25) is 5.91 Å². The molecule has 0 fully saturated rings. The molecule has 0 aliphatic carbocycles. The summed E-state index contributed by atoms with van der Waals surface area (Å²) in [6, 6.07) is 5.85. The number of carbonyl (C=O) groups excluding carboxylic acids is 1. The molecule has 0 saturated heterocycles. The molecule has 0 aliphatic heterocycles. The van der Waals surface area contributed by atoms with Gasteiger partial charge in [0.25, 0.3) is 0 Å². The topological polar surface area (TPSA) is 45.2 Å². The Balaban J connectivity index is 2.24. The normalized spacial score (nSPS) is 10.2. The maximum absolute atomic E-state index is 11.7. The number of rotatable bonds is 7. The van der Waals surface area contributed by atoms with Gasteiger partial charge in [0, 0.05) is 44.9 Å². The highest BCUT2D eigenvalue weighted by Gasteiger charge is 2.07. The number of aromatic nitrogens is 1. The first-order chi connectivity index (χ1) is 8.24. The molecule has 1 rings (SSSR count). The number of amides is 1. The van der Waals surface area contributed by atoms with Crippen LogP contribution in [0.3, 0.4) is 0 Å². The lowest BCUT2D eigenvalue weighted by Crippen LogP contribution is -2.31. The second-order valence-corrected chi connectivity index (χ2v) is 3.99. The predicted molar refractivity (Wildman–Crippen MR) is 68.7 cm³/mol. The van der Waals surface area contributed by atoms with Gasteiger partial charge in [-0.25, -0.2) is 0 Å². The van der Waals surface area contributed by atoms with Crippen molar-refractivity contribution >= 4 is 5.91 Å². The number of pyridine rings is 1. The van der Waals surface area contributed by atoms with Crippen LogP contribution in [0.15, 0.2) is 24.4 Å². The van der Waals surface area contributed by atoms with Crippen molar-refractivity contribution in [2.45, 2.75) is 19.8 Å². The molecule has 0 spiro atoms. The largest absolute Gasteiger partial charge is 0.345 e. The van der Waals surface area contributed by atoms with Gasteiger partial charge in [0.15, 0.2) is 0 Å². The molecule has 0 aliphatic rings. The van der Waals surface area contributed by atoms with Crippen LogP contribution < -0.4 is 5.32 Å². The lowest BCUT2D eigenvalue weighted by molar-refractivity contribution is -0.129. The Labute approximate surface area is 103 Å². The third kappa shape index (κ3) is 5.45. The number of hydrogen-bond acceptors (Lipinski definition) is 3. The van der Waals surface area contributed by atoms with Crippen molar-refractivity contribution in [1.29, 1.82) is 0 Å². The lowest BCUT2D eigenvalue weighted by Gasteiger charge is -2.16. The Morgan fingerprint density at radius 3 is 2.94 bits per heavy atom. The van der Waals surface area contributed by atoms with Crippen LogP contribution in [0.25, 0.3) is 0 Å². The summed E-state index contributed by atoms with van der Waals surface area (Å²) < 4.78 is 0. The van der Waals surface area contributed by atoms with E-state index in [4.69, 9.17) is 0 Å². The summed E-state index contributed by atoms with van der Waals surface area (Å²) in [5, 5.41) is 3.15. The van der Waals surface area contributed by atoms with E-state index in [1.54, 1.807) is 11.1 Å². The van der Waals surface area contributed by atoms with Crippen molar-refractivity contribution < 1.29 is 4.79 Å². The first-order valence-corrected chi connectivity index (χ1v) is 6.08. The fraction of sp³-hybridized carbons (Fsp3) is 0.538. The maximum atomic E-state index is 11.7. The standard InChI is InChI=1S/C13H21N3O/c1-3-14-10-7-13(17)16(2)11-8-12-6-4-5-9-15-12/h4-6,9,14H,3,7-8,10-11H2,1-2H3. The minimum absolute atomic E-state index is 0.182. The van der Waals surface area contributed by atoms with E-state index in [0.29, 0.717) is 6.42 Å². The monoisotopic (exact) mass is 235 g/mol. The highest BCUT2D eigenvalue weighted by Crippen LogP contribution is 1.98. The van der Waals surface area contributed by atoms with Crippen molar-refractivity contribution in [3.05, 3.63) is 30.1 Å². The van der Waals surface area contributed by atoms with Crippen molar-refractivity contribution in [2.75, 3.05) is 26.7 Å². The number of hydrogen-bond donors (Lipinski definition) is 1. The molecule has 0 unspecified atom stereocenters. The van der Waals surface area contributed by atoms with Crippen LogP contribution in [0, 0.1) is 0 Å². The van der Waals surface area contributed by atoms with Gasteiger partial charge in [-0.1, -0.05) is 13.0 Å². The molecule has 0 atom stereocenters. The van der Waals surface area contributed by atoms with Gasteiger partial charge in [-0.05, 0) is 18.7 Å². The minimum Gasteiger partial charge on any atom is -0.345 e. The lowest BCUT2D eigenvalue weighted by atomic mass is 10.2. The highest BCUT2D eigenvalue weighted by atomic mass is 16.2. The van der Waals surface area contributed by atoms with E-state index in [0.717, 1.165) is 31.7 Å². The molecule has 1 amide bonds. The first-order valence-electron chi connectivity index (χ1n) is 6.08. The Hall–Kier alpha value is -1.42. The Morgan fingerprint density at radius 2 is 2.29 bits per heavy atom. The molecule has 0 aromatic carbocycles. The summed E-state index contributed by atoms with van der Waals surface area (Å²) in [6.07, 6.45) is 3.15. The summed E-state index contributed by atoms with van der Waals surface area (Å²) in [4.78, 5) is 17.7. The van der Waals surface area contributed by atoms with Crippen molar-refractivity contribution in [2.24, 2.45) is 0 Å². The number of nitrogens with zero attached hydrogens (tertiary/aromatic N) is 2. The molecule has 94 valence electrons. The van der Waals surface area contributed by atoms with Gasteiger partial charge in [-0.15, -0.1) is 0 Å². The van der Waals surface area contributed by atoms with Crippen LogP contribution in [-0.2, 0) is 11.2 Å². The van der Waals surface area contributed by atoms with E-state index in [9.17, 15) is 4.79 Å². The van der Waals surface area contributed by atoms with Crippen molar-refractivity contribution in [1.82, 2.24) is 15.2 Å². The average molecular weight is 235 g/mol. The first kappa shape index (κ1) is 13.6. The van der Waals surface area contributed by atoms with Gasteiger partial charge in [0.1, 0.15) is 0 Å². The Bertz CT molecular complexity index is 327. The molecular weight excluding hydrogens is 214 g/mol. The van der Waals surface area contributed by atoms with Gasteiger partial charge >= 0.3 is 0 Å². The van der Waals surface area contributed by atoms with Crippen LogP contribution in [0.1, 0.15) is 19.0 Å². The molecule has 0 radical (unpaired) electrons. The van der Waals surface area contributed by atoms with E-state index >= 15 is 0 Å². The zero-order valence-corrected chi connectivity index (χ0v) is 10.6. The zero-order chi connectivity index (χ0) is 12.5. The summed E-state index contributed by atoms with van der Waals surface area (Å²) in [5.74, 6) is 0.182. The van der Waals surface area contributed by atoms with Gasteiger partial charge in [0.05, 0.1) is 0 Å². The zero-order valence-electron chi connectivity index (χ0n) is 10.6. The second-order valence-electron chi connectivity index (χ2n) is 3.99. The van der Waals surface area contributed by atoms with Crippen LogP contribution in [0.2, 0.25) is 0 Å². The van der Waals surface area contributed by atoms with Crippen LogP contribution in [0.5, 0.6) is 0 Å². The van der Waals surface area contributed by atoms with E-state index in [-0.39, 0.29) is 5.91 Å². The van der Waals surface area contributed by atoms with E-state index in [2.05, 4.69) is 10.3 Å². The highest BCUT2D eigenvalue weighted by molar-refractivity contribution is 5.76. The van der Waals surface area contributed by atoms with Gasteiger partial charge < -0.3 is 10.2 Å². The van der Waals surface area contributed by atoms with Gasteiger partial charge in [-0.2, -0.15) is 0 Å². The summed E-state index contributed by atoms with van der Waals surface area (Å²) in [6.45, 7) is 4.42. The van der Waals surface area contributed by atoms with E-state index in [1.165, 1.54) is 0 Å². The third-order valence-corrected chi connectivity index (χ3v) is 2.62. The van der Waals surface area contributed by atoms with Crippen LogP contribution >= 0.6 is 0 Å². The van der Waals surface area contributed by atoms with Crippen LogP contribution in [0.4, 0.5) is 0 Å². The number of nitrogens with one attached hydrogen (secondary N) is 1. The Morgan fingerprint density at radius 1 is 1.47 bits per heavy atom. The molecule has 17 heavy (non-hydrogen) atoms. The quantitative estimate of drug-likeness (QED) is 0.719. The molecule has 0 saturated carbocycles. The third-order valence-electron chi connectivity index (χ3n) is 2.62. The second kappa shape index (κ2) is 7.79. The fourth-order valence-corrected chi connectivity index (χ4v) is 1.52. The SMILES string of the molecule is CCNCCC(=O)N(C)CCc1ccccn1. The van der Waals surface area contributed by atoms with E-state index < -0.39 is 0 Å². The van der Waals surface area contributed by atoms with Crippen molar-refractivity contribution in [3.63, 3.8) is 0 Å². The summed E-state index contributed by atoms with van der Waals surface area (Å²) in [7, 11) is 1.84. The summed E-state index contributed by atoms with van der Waals surface area (Å²) >= 11 is 0. The number of carbonyl (C=O) groups is 1. The average Bonchev–Trinajstić information content (AvgIpc) is 2.37. The maximum Gasteiger partial charge on any atom is 0.223 e. The smallest absolute Gasteiger partial charge is 0.223 e. The molecule has 4 heteroatoms. The fourth-order valence-electron chi connectivity index (χ4n) is 1.52. The Kier molecular flexibility index (Phi) is 6.25. The number of likely N-dealkylation sites (N-methyl/N-ethyl adjacent to an activating group) is 1. The predicted octanol–water partition coefficient (Wildman–Crippen LogP) is 1.08. The molecule has 1 heterocycles. The van der Waals surface area contributed by atoms with Crippen molar-refractivity contribution in [3.8, 4) is 0 Å². The van der Waals surface area contributed by atoms with Gasteiger partial charge in [-0.3, -0.25) is 9.78 Å². The molecular formula is C13H21N3O. The molecule has 0 bridgehead atoms. The summed E-state index contributed by atoms with van der Waals surface area (Å²) in [5.41, 5.74) is 1.03.